The van der Waals surface area contributed by atoms with Crippen LogP contribution in [-0.4, -0.2) is 115 Å². The second kappa shape index (κ2) is 19.9. The zero-order valence-electron chi connectivity index (χ0n) is 39.6. The van der Waals surface area contributed by atoms with Gasteiger partial charge in [-0.15, -0.1) is 17.4 Å². The van der Waals surface area contributed by atoms with Gasteiger partial charge < -0.3 is 20.9 Å². The summed E-state index contributed by atoms with van der Waals surface area (Å²) >= 11 is 0. The molecule has 5 amide bonds. The average Bonchev–Trinajstić information content (AvgIpc) is 3.79. The zero-order chi connectivity index (χ0) is 46.7. The molecule has 3 N–H and O–H groups in total. The van der Waals surface area contributed by atoms with Crippen LogP contribution < -0.4 is 16.0 Å². The van der Waals surface area contributed by atoms with E-state index in [0.29, 0.717) is 6.42 Å². The largest absolute Gasteiger partial charge is 0.343 e. The molecule has 0 aromatic carbocycles. The summed E-state index contributed by atoms with van der Waals surface area (Å²) in [6, 6.07) is -3.31. The maximum Gasteiger partial charge on any atom is 0.281 e. The lowest BCUT2D eigenvalue weighted by atomic mass is 9.54. The third-order valence-corrected chi connectivity index (χ3v) is 17.6. The van der Waals surface area contributed by atoms with Gasteiger partial charge in [-0.1, -0.05) is 92.6 Å². The molecule has 0 aromatic heterocycles. The summed E-state index contributed by atoms with van der Waals surface area (Å²) in [5.41, 5.74) is -3.72. The number of piperidine rings is 1. The van der Waals surface area contributed by atoms with E-state index in [1.54, 1.807) is 13.8 Å². The number of nitrogens with one attached hydrogen (secondary N) is 3. The highest BCUT2D eigenvalue weighted by molar-refractivity contribution is 8.04. The minimum Gasteiger partial charge on any atom is -0.343 e. The molecule has 0 radical (unpaired) electrons. The number of carbonyl (C=O) groups is 6. The first-order chi connectivity index (χ1) is 29.6. The minimum absolute atomic E-state index is 0.0407. The van der Waals surface area contributed by atoms with Crippen LogP contribution >= 0.6 is 0 Å². The van der Waals surface area contributed by atoms with E-state index < -0.39 is 79.4 Å². The summed E-state index contributed by atoms with van der Waals surface area (Å²) in [5.74, 6) is 0.0326. The van der Waals surface area contributed by atoms with Gasteiger partial charge in [-0.3, -0.25) is 33.7 Å². The fourth-order valence-corrected chi connectivity index (χ4v) is 12.3. The van der Waals surface area contributed by atoms with Crippen molar-refractivity contribution >= 4 is 45.1 Å². The van der Waals surface area contributed by atoms with Crippen molar-refractivity contribution in [3.8, 4) is 12.3 Å². The zero-order valence-corrected chi connectivity index (χ0v) is 40.5. The number of nitrogens with zero attached hydrogens (tertiary/aromatic N) is 4. The summed E-state index contributed by atoms with van der Waals surface area (Å²) in [6.07, 6.45) is 18.4. The van der Waals surface area contributed by atoms with E-state index >= 15 is 4.79 Å². The molecular formula is C48H77N7O7S. The molecule has 15 heteroatoms. The van der Waals surface area contributed by atoms with Crippen molar-refractivity contribution in [3.05, 3.63) is 12.7 Å². The molecule has 2 aliphatic heterocycles. The Morgan fingerprint density at radius 3 is 2.05 bits per heavy atom. The second-order valence-corrected chi connectivity index (χ2v) is 22.9. The Balaban J connectivity index is 1.51. The van der Waals surface area contributed by atoms with Crippen molar-refractivity contribution in [1.82, 2.24) is 30.1 Å². The van der Waals surface area contributed by atoms with Crippen LogP contribution in [0.2, 0.25) is 0 Å². The molecule has 8 atom stereocenters. The van der Waals surface area contributed by atoms with Gasteiger partial charge >= 0.3 is 0 Å². The SMILES string of the molecule is C#CC1(C(C)(C)C2CCC2)CC(C(=O)NC2(C(=O)N=S(=O)(C=O)N(CC)CC)CC2C=C)N(C(=O)C(NC(=O)C(NC(=O)C2CCCCN2C(C)C)C2CCCCC2)C(C)(C)C)C1. The van der Waals surface area contributed by atoms with Crippen molar-refractivity contribution in [2.75, 3.05) is 26.2 Å². The molecule has 5 fully saturated rings. The van der Waals surface area contributed by atoms with Crippen LogP contribution in [0.1, 0.15) is 146 Å². The summed E-state index contributed by atoms with van der Waals surface area (Å²) in [5, 5.41) is 9.22. The lowest BCUT2D eigenvalue weighted by Gasteiger charge is -2.49. The first-order valence-electron chi connectivity index (χ1n) is 23.7. The highest BCUT2D eigenvalue weighted by Crippen LogP contribution is 2.57. The number of hydrogen-bond acceptors (Lipinski definition) is 8. The quantitative estimate of drug-likeness (QED) is 0.0989. The highest BCUT2D eigenvalue weighted by atomic mass is 32.2. The van der Waals surface area contributed by atoms with E-state index in [-0.39, 0.29) is 67.9 Å². The van der Waals surface area contributed by atoms with Gasteiger partial charge in [0.25, 0.3) is 5.91 Å². The Kier molecular flexibility index (Phi) is 15.9. The van der Waals surface area contributed by atoms with E-state index in [4.69, 9.17) is 6.42 Å². The molecule has 3 aliphatic carbocycles. The van der Waals surface area contributed by atoms with E-state index in [9.17, 15) is 28.2 Å². The molecule has 0 aromatic rings. The van der Waals surface area contributed by atoms with E-state index in [0.717, 1.165) is 70.8 Å². The van der Waals surface area contributed by atoms with Crippen LogP contribution in [0, 0.1) is 46.3 Å². The average molecular weight is 896 g/mol. The van der Waals surface area contributed by atoms with Crippen LogP contribution in [0.25, 0.3) is 0 Å². The minimum atomic E-state index is -3.76. The van der Waals surface area contributed by atoms with E-state index in [2.05, 4.69) is 65.4 Å². The Hall–Kier alpha value is -3.61. The number of rotatable bonds is 17. The third-order valence-electron chi connectivity index (χ3n) is 15.6. The molecule has 5 aliphatic rings. The van der Waals surface area contributed by atoms with Crippen LogP contribution in [0.5, 0.6) is 0 Å². The molecule has 8 unspecified atom stereocenters. The van der Waals surface area contributed by atoms with Gasteiger partial charge in [0.2, 0.25) is 29.2 Å². The molecular weight excluding hydrogens is 819 g/mol. The number of hydrogen-bond donors (Lipinski definition) is 3. The lowest BCUT2D eigenvalue weighted by Crippen LogP contribution is -2.63. The van der Waals surface area contributed by atoms with E-state index in [1.807, 2.05) is 20.8 Å². The summed E-state index contributed by atoms with van der Waals surface area (Å²) in [6.45, 7) is 22.5. The molecule has 0 bridgehead atoms. The van der Waals surface area contributed by atoms with Crippen LogP contribution in [0.15, 0.2) is 17.0 Å². The van der Waals surface area contributed by atoms with Gasteiger partial charge in [0.15, 0.2) is 9.92 Å². The molecule has 3 saturated carbocycles. The monoisotopic (exact) mass is 896 g/mol. The van der Waals surface area contributed by atoms with Crippen molar-refractivity contribution in [3.63, 3.8) is 0 Å². The van der Waals surface area contributed by atoms with Gasteiger partial charge in [0, 0.05) is 31.6 Å². The normalized spacial score (nSPS) is 29.0. The predicted molar refractivity (Wildman–Crippen MR) is 246 cm³/mol. The predicted octanol–water partition coefficient (Wildman–Crippen LogP) is 5.39. The molecule has 0 spiro atoms. The maximum absolute atomic E-state index is 15.4. The fraction of sp³-hybridized carbons (Fsp3) is 0.792. The van der Waals surface area contributed by atoms with E-state index in [1.165, 1.54) is 15.3 Å². The third kappa shape index (κ3) is 10.1. The van der Waals surface area contributed by atoms with Gasteiger partial charge in [-0.05, 0) is 94.4 Å². The topological polar surface area (TPSA) is 178 Å². The number of carbonyl (C=O) groups excluding carboxylic acids is 6. The van der Waals surface area contributed by atoms with Gasteiger partial charge in [-0.25, -0.2) is 8.51 Å². The number of terminal acetylenes is 1. The lowest BCUT2D eigenvalue weighted by molar-refractivity contribution is -0.145. The van der Waals surface area contributed by atoms with Crippen molar-refractivity contribution in [1.29, 1.82) is 0 Å². The summed E-state index contributed by atoms with van der Waals surface area (Å²) in [7, 11) is -3.76. The van der Waals surface area contributed by atoms with Crippen LogP contribution in [-0.2, 0) is 38.7 Å². The first-order valence-corrected chi connectivity index (χ1v) is 25.2. The molecule has 63 heavy (non-hydrogen) atoms. The standard InChI is InChI=1S/C48H77N7O7S/c1-12-34-28-48(34,44(61)52-63(62,31-56)53(14-3)15-4)51-41(58)37-29-47(13-2,46(10,11)35-24-21-25-35)30-55(37)43(60)39(45(7,8)9)50-42(59)38(33-22-17-16-18-23-33)49-40(57)36-26-19-20-27-54(36)32(5)6/h2,12,31-39H,1,14-30H2,3-11H3,(H,49,57)(H,50,59)(H,51,58). The van der Waals surface area contributed by atoms with Crippen LogP contribution in [0.3, 0.4) is 0 Å². The molecule has 5 rings (SSSR count). The van der Waals surface area contributed by atoms with Crippen LogP contribution in [0.4, 0.5) is 0 Å². The smallest absolute Gasteiger partial charge is 0.281 e. The second-order valence-electron chi connectivity index (χ2n) is 20.9. The fourth-order valence-electron chi connectivity index (χ4n) is 10.9. The summed E-state index contributed by atoms with van der Waals surface area (Å²) in [4.78, 5) is 89.1. The molecule has 14 nitrogen and oxygen atoms in total. The number of likely N-dealkylation sites (tertiary alicyclic amines) is 2. The van der Waals surface area contributed by atoms with Crippen molar-refractivity contribution in [2.24, 2.45) is 38.4 Å². The Morgan fingerprint density at radius 1 is 0.905 bits per heavy atom. The first kappa shape index (κ1) is 50.4. The number of amides is 5. The molecule has 2 saturated heterocycles. The Morgan fingerprint density at radius 2 is 1.54 bits per heavy atom. The Bertz CT molecular complexity index is 1920. The molecule has 352 valence electrons. The maximum atomic E-state index is 15.4. The summed E-state index contributed by atoms with van der Waals surface area (Å²) < 4.78 is 19.0. The Labute approximate surface area is 377 Å². The van der Waals surface area contributed by atoms with Crippen molar-refractivity contribution in [2.45, 2.75) is 182 Å². The highest BCUT2D eigenvalue weighted by Gasteiger charge is 2.64. The van der Waals surface area contributed by atoms with Gasteiger partial charge in [-0.2, -0.15) is 0 Å². The van der Waals surface area contributed by atoms with Gasteiger partial charge in [0.1, 0.15) is 23.7 Å². The van der Waals surface area contributed by atoms with Crippen molar-refractivity contribution < 1.29 is 33.0 Å². The van der Waals surface area contributed by atoms with Gasteiger partial charge in [0.05, 0.1) is 11.5 Å². The molecule has 2 heterocycles.